The summed E-state index contributed by atoms with van der Waals surface area (Å²) in [6, 6.07) is 18.0. The van der Waals surface area contributed by atoms with Gasteiger partial charge in [-0.3, -0.25) is 14.4 Å². The first-order valence-corrected chi connectivity index (χ1v) is 11.4. The predicted octanol–water partition coefficient (Wildman–Crippen LogP) is 5.80. The van der Waals surface area contributed by atoms with Gasteiger partial charge in [0.1, 0.15) is 16.5 Å². The number of anilines is 3. The number of halogens is 3. The number of ether oxygens (including phenoxy) is 1. The molecule has 0 fully saturated rings. The van der Waals surface area contributed by atoms with E-state index < -0.39 is 17.7 Å². The van der Waals surface area contributed by atoms with Crippen LogP contribution >= 0.6 is 39.1 Å². The maximum atomic E-state index is 13.0. The maximum absolute atomic E-state index is 13.0. The van der Waals surface area contributed by atoms with E-state index in [2.05, 4.69) is 26.6 Å². The van der Waals surface area contributed by atoms with Gasteiger partial charge in [-0.25, -0.2) is 4.90 Å². The first kappa shape index (κ1) is 23.8. The van der Waals surface area contributed by atoms with E-state index in [0.29, 0.717) is 33.4 Å². The smallest absolute Gasteiger partial charge is 0.283 e. The van der Waals surface area contributed by atoms with E-state index in [0.717, 1.165) is 9.37 Å². The molecule has 10 heteroatoms. The number of methoxy groups -OCH3 is 1. The van der Waals surface area contributed by atoms with Crippen LogP contribution in [0.2, 0.25) is 5.02 Å². The summed E-state index contributed by atoms with van der Waals surface area (Å²) in [6.45, 7) is 0. The normalized spacial score (nSPS) is 13.4. The topological polar surface area (TPSA) is 87.7 Å². The van der Waals surface area contributed by atoms with Crippen LogP contribution in [0.4, 0.5) is 17.1 Å². The highest BCUT2D eigenvalue weighted by Crippen LogP contribution is 2.31. The monoisotopic (exact) mass is 559 g/mol. The molecular formula is C24H16BrCl2N3O4. The molecule has 0 radical (unpaired) electrons. The number of hydrogen-bond acceptors (Lipinski definition) is 5. The lowest BCUT2D eigenvalue weighted by molar-refractivity contribution is -0.120. The van der Waals surface area contributed by atoms with Crippen LogP contribution in [0.3, 0.4) is 0 Å². The van der Waals surface area contributed by atoms with Crippen LogP contribution < -0.4 is 20.3 Å². The van der Waals surface area contributed by atoms with Crippen molar-refractivity contribution in [2.24, 2.45) is 0 Å². The molecule has 1 aliphatic heterocycles. The van der Waals surface area contributed by atoms with Crippen molar-refractivity contribution in [3.8, 4) is 5.75 Å². The Morgan fingerprint density at radius 2 is 1.71 bits per heavy atom. The molecule has 172 valence electrons. The van der Waals surface area contributed by atoms with E-state index in [1.165, 1.54) is 13.2 Å². The molecule has 3 amide bonds. The van der Waals surface area contributed by atoms with Gasteiger partial charge < -0.3 is 15.4 Å². The molecule has 0 saturated carbocycles. The van der Waals surface area contributed by atoms with Gasteiger partial charge in [-0.2, -0.15) is 0 Å². The van der Waals surface area contributed by atoms with Gasteiger partial charge >= 0.3 is 0 Å². The van der Waals surface area contributed by atoms with Gasteiger partial charge in [0.2, 0.25) is 0 Å². The fourth-order valence-electron chi connectivity index (χ4n) is 3.29. The first-order chi connectivity index (χ1) is 16.3. The lowest BCUT2D eigenvalue weighted by atomic mass is 10.1. The molecule has 4 rings (SSSR count). The number of imide groups is 1. The van der Waals surface area contributed by atoms with Crippen LogP contribution in [0.15, 0.2) is 81.9 Å². The van der Waals surface area contributed by atoms with E-state index in [9.17, 15) is 14.4 Å². The standard InChI is InChI=1S/C24H16BrCl2N3O4/c1-34-19-10-7-15(26)12-18(19)29-22(31)13-3-2-4-16(11-13)28-21-20(27)23(32)30(24(21)33)17-8-5-14(25)6-9-17/h2-12,28H,1H3,(H,29,31). The fraction of sp³-hybridized carbons (Fsp3) is 0.0417. The minimum atomic E-state index is -0.640. The van der Waals surface area contributed by atoms with Crippen molar-refractivity contribution >= 4 is 73.9 Å². The highest BCUT2D eigenvalue weighted by atomic mass is 79.9. The van der Waals surface area contributed by atoms with Crippen LogP contribution in [0.25, 0.3) is 0 Å². The van der Waals surface area contributed by atoms with E-state index in [1.54, 1.807) is 60.7 Å². The van der Waals surface area contributed by atoms with Crippen molar-refractivity contribution in [3.63, 3.8) is 0 Å². The zero-order valence-electron chi connectivity index (χ0n) is 17.6. The number of nitrogens with one attached hydrogen (secondary N) is 2. The molecule has 0 bridgehead atoms. The average molecular weight is 561 g/mol. The second-order valence-electron chi connectivity index (χ2n) is 7.12. The largest absolute Gasteiger partial charge is 0.495 e. The summed E-state index contributed by atoms with van der Waals surface area (Å²) in [6.07, 6.45) is 0. The third-order valence-electron chi connectivity index (χ3n) is 4.92. The number of rotatable bonds is 6. The summed E-state index contributed by atoms with van der Waals surface area (Å²) < 4.78 is 6.06. The zero-order valence-corrected chi connectivity index (χ0v) is 20.7. The van der Waals surface area contributed by atoms with Crippen molar-refractivity contribution < 1.29 is 19.1 Å². The number of carbonyl (C=O) groups excluding carboxylic acids is 3. The summed E-state index contributed by atoms with van der Waals surface area (Å²) >= 11 is 15.5. The van der Waals surface area contributed by atoms with Crippen LogP contribution in [-0.4, -0.2) is 24.8 Å². The Morgan fingerprint density at radius 3 is 2.41 bits per heavy atom. The van der Waals surface area contributed by atoms with Crippen LogP contribution in [0.1, 0.15) is 10.4 Å². The number of carbonyl (C=O) groups is 3. The Bertz CT molecular complexity index is 1340. The Labute approximate surface area is 213 Å². The van der Waals surface area contributed by atoms with Gasteiger partial charge in [-0.05, 0) is 60.7 Å². The molecule has 3 aromatic rings. The van der Waals surface area contributed by atoms with Gasteiger partial charge in [-0.15, -0.1) is 0 Å². The molecule has 3 aromatic carbocycles. The van der Waals surface area contributed by atoms with Crippen molar-refractivity contribution in [2.45, 2.75) is 0 Å². The minimum Gasteiger partial charge on any atom is -0.495 e. The second-order valence-corrected chi connectivity index (χ2v) is 8.85. The van der Waals surface area contributed by atoms with E-state index in [-0.39, 0.29) is 10.7 Å². The molecule has 2 N–H and O–H groups in total. The van der Waals surface area contributed by atoms with Gasteiger partial charge in [0.05, 0.1) is 18.5 Å². The number of hydrogen-bond donors (Lipinski definition) is 2. The van der Waals surface area contributed by atoms with Crippen molar-refractivity contribution in [3.05, 3.63) is 92.5 Å². The summed E-state index contributed by atoms with van der Waals surface area (Å²) in [5.41, 5.74) is 1.41. The highest BCUT2D eigenvalue weighted by molar-refractivity contribution is 9.10. The molecule has 0 atom stereocenters. The van der Waals surface area contributed by atoms with Crippen molar-refractivity contribution in [2.75, 3.05) is 22.6 Å². The van der Waals surface area contributed by atoms with E-state index in [4.69, 9.17) is 27.9 Å². The molecule has 0 spiro atoms. The highest BCUT2D eigenvalue weighted by Gasteiger charge is 2.39. The number of amides is 3. The van der Waals surface area contributed by atoms with Crippen LogP contribution in [-0.2, 0) is 9.59 Å². The fourth-order valence-corrected chi connectivity index (χ4v) is 3.94. The molecular weight excluding hydrogens is 545 g/mol. The molecule has 1 heterocycles. The van der Waals surface area contributed by atoms with Gasteiger partial charge in [-0.1, -0.05) is 45.2 Å². The summed E-state index contributed by atoms with van der Waals surface area (Å²) in [4.78, 5) is 39.4. The molecule has 0 unspecified atom stereocenters. The van der Waals surface area contributed by atoms with Crippen LogP contribution in [0.5, 0.6) is 5.75 Å². The molecule has 7 nitrogen and oxygen atoms in total. The predicted molar refractivity (Wildman–Crippen MR) is 136 cm³/mol. The summed E-state index contributed by atoms with van der Waals surface area (Å²) in [5, 5.41) is 5.82. The van der Waals surface area contributed by atoms with E-state index in [1.807, 2.05) is 0 Å². The van der Waals surface area contributed by atoms with Gasteiger partial charge in [0, 0.05) is 20.7 Å². The second kappa shape index (κ2) is 9.89. The summed E-state index contributed by atoms with van der Waals surface area (Å²) in [5.74, 6) is -1.21. The lowest BCUT2D eigenvalue weighted by Gasteiger charge is -2.15. The maximum Gasteiger partial charge on any atom is 0.283 e. The SMILES string of the molecule is COc1ccc(Cl)cc1NC(=O)c1cccc(NC2=C(Cl)C(=O)N(c3ccc(Br)cc3)C2=O)c1. The Balaban J connectivity index is 1.55. The third-order valence-corrected chi connectivity index (χ3v) is 6.03. The molecule has 34 heavy (non-hydrogen) atoms. The molecule has 0 saturated heterocycles. The van der Waals surface area contributed by atoms with Crippen molar-refractivity contribution in [1.82, 2.24) is 0 Å². The van der Waals surface area contributed by atoms with Crippen molar-refractivity contribution in [1.29, 1.82) is 0 Å². The number of nitrogens with zero attached hydrogens (tertiary/aromatic N) is 1. The average Bonchev–Trinajstić information content (AvgIpc) is 3.03. The van der Waals surface area contributed by atoms with Gasteiger partial charge in [0.15, 0.2) is 0 Å². The van der Waals surface area contributed by atoms with Gasteiger partial charge in [0.25, 0.3) is 17.7 Å². The first-order valence-electron chi connectivity index (χ1n) is 9.84. The van der Waals surface area contributed by atoms with E-state index >= 15 is 0 Å². The Morgan fingerprint density at radius 1 is 0.971 bits per heavy atom. The lowest BCUT2D eigenvalue weighted by Crippen LogP contribution is -2.32. The number of benzene rings is 3. The summed E-state index contributed by atoms with van der Waals surface area (Å²) in [7, 11) is 1.48. The zero-order chi connectivity index (χ0) is 24.4. The molecule has 0 aliphatic carbocycles. The van der Waals surface area contributed by atoms with Crippen LogP contribution in [0, 0.1) is 0 Å². The Hall–Kier alpha value is -3.33. The quantitative estimate of drug-likeness (QED) is 0.372. The Kier molecular flexibility index (Phi) is 6.92. The third kappa shape index (κ3) is 4.79. The molecule has 0 aromatic heterocycles. The molecule has 1 aliphatic rings. The minimum absolute atomic E-state index is 0.0799.